The Morgan fingerprint density at radius 3 is 2.83 bits per heavy atom. The molecule has 0 unspecified atom stereocenters. The van der Waals surface area contributed by atoms with Crippen LogP contribution in [0.25, 0.3) is 0 Å². The Morgan fingerprint density at radius 2 is 2.06 bits per heavy atom. The van der Waals surface area contributed by atoms with Gasteiger partial charge in [0.25, 0.3) is 0 Å². The van der Waals surface area contributed by atoms with Gasteiger partial charge in [0.15, 0.2) is 11.6 Å². The first-order valence-electron chi connectivity index (χ1n) is 10.8. The molecule has 4 rings (SSSR count). The van der Waals surface area contributed by atoms with Crippen LogP contribution in [0.3, 0.4) is 0 Å². The van der Waals surface area contributed by atoms with Gasteiger partial charge in [0.2, 0.25) is 5.78 Å². The minimum absolute atomic E-state index is 0.0586. The van der Waals surface area contributed by atoms with E-state index in [1.54, 1.807) is 0 Å². The first-order chi connectivity index (χ1) is 16.6. The number of hydrogen-bond acceptors (Lipinski definition) is 8. The molecule has 35 heavy (non-hydrogen) atoms. The van der Waals surface area contributed by atoms with E-state index in [4.69, 9.17) is 5.14 Å². The van der Waals surface area contributed by atoms with Gasteiger partial charge in [-0.05, 0) is 37.3 Å². The summed E-state index contributed by atoms with van der Waals surface area (Å²) >= 11 is 0. The number of aliphatic hydroxyl groups is 1. The number of carbonyl (C=O) groups is 1. The average molecular weight is 508 g/mol. The molecule has 0 aliphatic heterocycles. The summed E-state index contributed by atoms with van der Waals surface area (Å²) in [6.07, 6.45) is 4.59. The Bertz CT molecular complexity index is 1330. The van der Waals surface area contributed by atoms with Crippen molar-refractivity contribution in [1.29, 1.82) is 0 Å². The predicted octanol–water partition coefficient (Wildman–Crippen LogP) is 1.38. The zero-order valence-corrected chi connectivity index (χ0v) is 19.2. The Labute approximate surface area is 200 Å². The summed E-state index contributed by atoms with van der Waals surface area (Å²) in [4.78, 5) is 21.3. The van der Waals surface area contributed by atoms with Gasteiger partial charge in [-0.1, -0.05) is 12.1 Å². The summed E-state index contributed by atoms with van der Waals surface area (Å²) in [7, 11) is -4.11. The zero-order valence-electron chi connectivity index (χ0n) is 18.4. The van der Waals surface area contributed by atoms with Crippen LogP contribution in [0, 0.1) is 23.5 Å². The summed E-state index contributed by atoms with van der Waals surface area (Å²) < 4.78 is 55.4. The van der Waals surface area contributed by atoms with Gasteiger partial charge in [-0.25, -0.2) is 23.9 Å². The average Bonchev–Trinajstić information content (AvgIpc) is 3.41. The van der Waals surface area contributed by atoms with Crippen LogP contribution in [0.1, 0.15) is 40.2 Å². The number of aliphatic hydroxyl groups excluding tert-OH is 1. The summed E-state index contributed by atoms with van der Waals surface area (Å²) in [5, 5.41) is 19.3. The molecule has 0 saturated heterocycles. The molecule has 186 valence electrons. The van der Waals surface area contributed by atoms with Gasteiger partial charge in [-0.2, -0.15) is 13.5 Å². The normalized spacial score (nSPS) is 20.3. The van der Waals surface area contributed by atoms with Gasteiger partial charge in [0.1, 0.15) is 12.0 Å². The van der Waals surface area contributed by atoms with Crippen molar-refractivity contribution in [1.82, 2.24) is 19.7 Å². The zero-order chi connectivity index (χ0) is 25.2. The number of hydrogen-bond donors (Lipinski definition) is 2. The molecule has 1 fully saturated rings. The molecule has 2 heterocycles. The Balaban J connectivity index is 1.46. The quantitative estimate of drug-likeness (QED) is 0.413. The molecule has 1 aliphatic rings. The second kappa shape index (κ2) is 10.2. The molecular weight excluding hydrogens is 484 g/mol. The maximum absolute atomic E-state index is 14.0. The van der Waals surface area contributed by atoms with E-state index < -0.39 is 39.7 Å². The van der Waals surface area contributed by atoms with Gasteiger partial charge < -0.3 is 5.11 Å². The second-order valence-electron chi connectivity index (χ2n) is 8.47. The number of carbonyl (C=O) groups excluding carboxylic acids is 1. The van der Waals surface area contributed by atoms with Crippen molar-refractivity contribution in [2.75, 3.05) is 6.61 Å². The van der Waals surface area contributed by atoms with Gasteiger partial charge in [-0.15, -0.1) is 0 Å². The van der Waals surface area contributed by atoms with Crippen LogP contribution < -0.4 is 5.14 Å². The van der Waals surface area contributed by atoms with E-state index in [0.717, 1.165) is 6.07 Å². The fourth-order valence-corrected chi connectivity index (χ4v) is 4.64. The first-order valence-corrected chi connectivity index (χ1v) is 12.2. The van der Waals surface area contributed by atoms with Crippen molar-refractivity contribution < 1.29 is 31.3 Å². The van der Waals surface area contributed by atoms with Crippen LogP contribution in [-0.2, 0) is 27.5 Å². The van der Waals surface area contributed by atoms with Gasteiger partial charge in [-0.3, -0.25) is 13.7 Å². The summed E-state index contributed by atoms with van der Waals surface area (Å²) in [5.74, 6) is -2.87. The summed E-state index contributed by atoms with van der Waals surface area (Å²) in [5.41, 5.74) is 0.870. The van der Waals surface area contributed by atoms with Crippen molar-refractivity contribution in [3.8, 4) is 0 Å². The lowest BCUT2D eigenvalue weighted by Crippen LogP contribution is -2.24. The molecule has 0 spiro atoms. The lowest BCUT2D eigenvalue weighted by molar-refractivity contribution is 0.100. The molecule has 0 bridgehead atoms. The molecule has 13 heteroatoms. The third-order valence-electron chi connectivity index (χ3n) is 5.96. The van der Waals surface area contributed by atoms with E-state index in [1.807, 2.05) is 0 Å². The number of benzene rings is 1. The third kappa shape index (κ3) is 6.11. The summed E-state index contributed by atoms with van der Waals surface area (Å²) in [6.45, 7) is -0.285. The largest absolute Gasteiger partial charge is 0.393 e. The van der Waals surface area contributed by atoms with Crippen molar-refractivity contribution >= 4 is 16.1 Å². The van der Waals surface area contributed by atoms with Crippen molar-refractivity contribution in [3.05, 3.63) is 77.1 Å². The molecule has 1 aromatic carbocycles. The number of ketones is 1. The van der Waals surface area contributed by atoms with Crippen LogP contribution in [0.15, 0.2) is 43.0 Å². The minimum atomic E-state index is -4.11. The first kappa shape index (κ1) is 25.0. The number of nitrogens with zero attached hydrogens (tertiary/aromatic N) is 4. The van der Waals surface area contributed by atoms with E-state index >= 15 is 0 Å². The van der Waals surface area contributed by atoms with E-state index in [9.17, 15) is 27.1 Å². The van der Waals surface area contributed by atoms with E-state index in [0.29, 0.717) is 25.0 Å². The number of rotatable bonds is 9. The SMILES string of the molecule is NS(=O)(=O)OC[C@H]1C[C@@H](Cc2ncncc2C(=O)c2ccn(Cc3cccc(F)c3F)n2)C[C@@H]1O. The van der Waals surface area contributed by atoms with Crippen LogP contribution >= 0.6 is 0 Å². The van der Waals surface area contributed by atoms with E-state index in [-0.39, 0.29) is 35.9 Å². The molecule has 0 amide bonds. The summed E-state index contributed by atoms with van der Waals surface area (Å²) in [6, 6.07) is 5.31. The third-order valence-corrected chi connectivity index (χ3v) is 6.42. The van der Waals surface area contributed by atoms with Crippen molar-refractivity contribution in [2.24, 2.45) is 17.0 Å². The number of aromatic nitrogens is 4. The van der Waals surface area contributed by atoms with Crippen LogP contribution in [-0.4, -0.2) is 51.8 Å². The van der Waals surface area contributed by atoms with Gasteiger partial charge in [0.05, 0.1) is 30.5 Å². The monoisotopic (exact) mass is 507 g/mol. The topological polar surface area (TPSA) is 150 Å². The maximum atomic E-state index is 14.0. The fourth-order valence-electron chi connectivity index (χ4n) is 4.28. The van der Waals surface area contributed by atoms with Gasteiger partial charge in [0, 0.05) is 23.9 Å². The molecule has 10 nitrogen and oxygen atoms in total. The van der Waals surface area contributed by atoms with Crippen LogP contribution in [0.5, 0.6) is 0 Å². The van der Waals surface area contributed by atoms with Crippen LogP contribution in [0.2, 0.25) is 0 Å². The lowest BCUT2D eigenvalue weighted by Gasteiger charge is -2.13. The molecule has 3 aromatic rings. The number of nitrogens with two attached hydrogens (primary N) is 1. The standard InChI is InChI=1S/C22H23F2N5O5S/c23-17-3-1-2-14(21(17)24)10-29-5-4-18(28-29)22(31)16-9-26-12-27-19(16)7-13-6-15(20(30)8-13)11-34-35(25,32)33/h1-5,9,12-13,15,20,30H,6-8,10-11H2,(H2,25,32,33)/t13-,15+,20-/m0/s1. The maximum Gasteiger partial charge on any atom is 0.333 e. The minimum Gasteiger partial charge on any atom is -0.393 e. The lowest BCUT2D eigenvalue weighted by atomic mass is 9.96. The molecule has 2 aromatic heterocycles. The Morgan fingerprint density at radius 1 is 1.26 bits per heavy atom. The smallest absolute Gasteiger partial charge is 0.333 e. The highest BCUT2D eigenvalue weighted by Crippen LogP contribution is 2.34. The van der Waals surface area contributed by atoms with Crippen molar-refractivity contribution in [2.45, 2.75) is 31.9 Å². The highest BCUT2D eigenvalue weighted by Gasteiger charge is 2.35. The van der Waals surface area contributed by atoms with Crippen LogP contribution in [0.4, 0.5) is 8.78 Å². The highest BCUT2D eigenvalue weighted by atomic mass is 32.2. The fraction of sp³-hybridized carbons (Fsp3) is 0.364. The Hall–Kier alpha value is -3.13. The highest BCUT2D eigenvalue weighted by molar-refractivity contribution is 7.84. The Kier molecular flexibility index (Phi) is 7.31. The molecule has 0 radical (unpaired) electrons. The van der Waals surface area contributed by atoms with E-state index in [1.165, 1.54) is 41.6 Å². The number of halogens is 2. The molecule has 1 saturated carbocycles. The second-order valence-corrected chi connectivity index (χ2v) is 9.69. The molecule has 3 atom stereocenters. The molecular formula is C22H23F2N5O5S. The molecule has 3 N–H and O–H groups in total. The van der Waals surface area contributed by atoms with E-state index in [2.05, 4.69) is 19.2 Å². The van der Waals surface area contributed by atoms with Crippen molar-refractivity contribution in [3.63, 3.8) is 0 Å². The predicted molar refractivity (Wildman–Crippen MR) is 118 cm³/mol. The molecule has 1 aliphatic carbocycles. The van der Waals surface area contributed by atoms with Gasteiger partial charge >= 0.3 is 10.3 Å².